The Kier molecular flexibility index (Phi) is 6.03. The molecule has 2 amide bonds. The van der Waals surface area contributed by atoms with Crippen LogP contribution in [-0.4, -0.2) is 50.5 Å². The lowest BCUT2D eigenvalue weighted by molar-refractivity contribution is -0.144. The summed E-state index contributed by atoms with van der Waals surface area (Å²) >= 11 is 3.73. The Bertz CT molecular complexity index is 1340. The monoisotopic (exact) mass is 564 g/mol. The Balaban J connectivity index is 1.60. The highest BCUT2D eigenvalue weighted by molar-refractivity contribution is 9.10. The molecule has 2 aromatic carbocycles. The van der Waals surface area contributed by atoms with Crippen molar-refractivity contribution in [3.05, 3.63) is 71.8 Å². The van der Waals surface area contributed by atoms with E-state index in [1.54, 1.807) is 13.8 Å². The number of alkyl halides is 1. The molecule has 3 N–H and O–H groups in total. The number of nitrogens with two attached hydrogens (primary N) is 1. The predicted octanol–water partition coefficient (Wildman–Crippen LogP) is 3.91. The molecule has 1 saturated heterocycles. The van der Waals surface area contributed by atoms with E-state index in [9.17, 15) is 19.2 Å². The summed E-state index contributed by atoms with van der Waals surface area (Å²) in [6, 6.07) is 18.2. The number of hydrogen-bond acceptors (Lipinski definition) is 5. The highest BCUT2D eigenvalue weighted by atomic mass is 79.9. The van der Waals surface area contributed by atoms with Gasteiger partial charge < -0.3 is 10.8 Å². The van der Waals surface area contributed by atoms with Crippen LogP contribution >= 0.6 is 15.9 Å². The van der Waals surface area contributed by atoms with Gasteiger partial charge in [0.05, 0.1) is 16.7 Å². The fourth-order valence-electron chi connectivity index (χ4n) is 6.83. The molecule has 4 unspecified atom stereocenters. The number of likely N-dealkylation sites (tertiary alicyclic amines) is 1. The second-order valence-electron chi connectivity index (χ2n) is 10.5. The van der Waals surface area contributed by atoms with Gasteiger partial charge in [-0.1, -0.05) is 76.6 Å². The molecule has 2 fully saturated rings. The Morgan fingerprint density at radius 1 is 0.973 bits per heavy atom. The highest BCUT2D eigenvalue weighted by Crippen LogP contribution is 2.77. The van der Waals surface area contributed by atoms with Gasteiger partial charge in [0.2, 0.25) is 11.8 Å². The zero-order valence-electron chi connectivity index (χ0n) is 20.7. The van der Waals surface area contributed by atoms with Gasteiger partial charge in [0.15, 0.2) is 5.78 Å². The second-order valence-corrected chi connectivity index (χ2v) is 11.8. The summed E-state index contributed by atoms with van der Waals surface area (Å²) in [5.41, 5.74) is 6.39. The molecule has 1 aliphatic heterocycles. The summed E-state index contributed by atoms with van der Waals surface area (Å²) in [5.74, 6) is -2.89. The molecule has 5 atom stereocenters. The number of fused-ring (bicyclic) bond motifs is 5. The molecular weight excluding hydrogens is 536 g/mol. The first-order valence-corrected chi connectivity index (χ1v) is 13.3. The third kappa shape index (κ3) is 3.21. The molecule has 0 radical (unpaired) electrons. The van der Waals surface area contributed by atoms with Crippen LogP contribution in [0.15, 0.2) is 60.7 Å². The number of nitrogens with zero attached hydrogens (tertiary/aromatic N) is 1. The molecule has 2 bridgehead atoms. The molecule has 7 nitrogen and oxygen atoms in total. The van der Waals surface area contributed by atoms with Crippen LogP contribution in [0.3, 0.4) is 0 Å². The minimum atomic E-state index is -1.41. The van der Waals surface area contributed by atoms with Gasteiger partial charge in [-0.15, -0.1) is 0 Å². The van der Waals surface area contributed by atoms with Crippen molar-refractivity contribution in [3.8, 4) is 0 Å². The number of unbranched alkanes of at least 4 members (excludes halogenated alkanes) is 1. The van der Waals surface area contributed by atoms with Crippen molar-refractivity contribution >= 4 is 50.6 Å². The molecule has 37 heavy (non-hydrogen) atoms. The van der Waals surface area contributed by atoms with E-state index in [4.69, 9.17) is 10.8 Å². The number of hydrogen-bond donors (Lipinski definition) is 2. The number of aliphatic carboxylic acids is 1. The first kappa shape index (κ1) is 25.5. The van der Waals surface area contributed by atoms with E-state index in [1.807, 2.05) is 60.7 Å². The molecule has 1 heterocycles. The van der Waals surface area contributed by atoms with E-state index >= 15 is 0 Å². The van der Waals surface area contributed by atoms with Crippen LogP contribution in [0, 0.1) is 16.7 Å². The van der Waals surface area contributed by atoms with Gasteiger partial charge in [-0.05, 0) is 55.4 Å². The van der Waals surface area contributed by atoms with E-state index < -0.39 is 39.0 Å². The van der Waals surface area contributed by atoms with Crippen molar-refractivity contribution in [2.45, 2.75) is 43.5 Å². The minimum Gasteiger partial charge on any atom is -0.480 e. The molecule has 192 valence electrons. The van der Waals surface area contributed by atoms with E-state index in [1.165, 1.54) is 4.90 Å². The fourth-order valence-corrected chi connectivity index (χ4v) is 8.07. The predicted molar refractivity (Wildman–Crippen MR) is 142 cm³/mol. The van der Waals surface area contributed by atoms with E-state index in [0.29, 0.717) is 12.8 Å². The number of carboxylic acid groups (broad SMARTS) is 1. The maximum absolute atomic E-state index is 14.3. The summed E-state index contributed by atoms with van der Waals surface area (Å²) < 4.78 is -1.41. The molecule has 2 aliphatic carbocycles. The number of amides is 2. The van der Waals surface area contributed by atoms with Crippen molar-refractivity contribution < 1.29 is 24.3 Å². The lowest BCUT2D eigenvalue weighted by Gasteiger charge is -2.41. The standard InChI is InChI=1S/C29H29BrN2O5/c1-27-20(17-11-5-3-6-12-17)21(18-13-7-4-8-14-18)28(2,25(27)36)29(30)22(27)23(33)32(26(29)37)16-10-9-15-19(31)24(34)35/h3-8,11-14,19,22H,9-10,15-16,31H2,1-2H3,(H,34,35)/t19-,22?,27?,28?,29?/m0/s1. The van der Waals surface area contributed by atoms with Gasteiger partial charge in [-0.25, -0.2) is 0 Å². The van der Waals surface area contributed by atoms with E-state index in [2.05, 4.69) is 15.9 Å². The van der Waals surface area contributed by atoms with Crippen LogP contribution in [0.2, 0.25) is 0 Å². The summed E-state index contributed by atoms with van der Waals surface area (Å²) in [5, 5.41) is 9.02. The van der Waals surface area contributed by atoms with Crippen molar-refractivity contribution in [1.82, 2.24) is 4.90 Å². The van der Waals surface area contributed by atoms with Crippen molar-refractivity contribution in [3.63, 3.8) is 0 Å². The van der Waals surface area contributed by atoms with Crippen LogP contribution in [0.5, 0.6) is 0 Å². The van der Waals surface area contributed by atoms with Crippen molar-refractivity contribution in [2.75, 3.05) is 6.54 Å². The summed E-state index contributed by atoms with van der Waals surface area (Å²) in [6.07, 6.45) is 1.14. The number of carbonyl (C=O) groups excluding carboxylic acids is 3. The first-order chi connectivity index (χ1) is 17.5. The molecule has 5 rings (SSSR count). The van der Waals surface area contributed by atoms with Crippen molar-refractivity contribution in [2.24, 2.45) is 22.5 Å². The van der Waals surface area contributed by atoms with Crippen molar-refractivity contribution in [1.29, 1.82) is 0 Å². The third-order valence-electron chi connectivity index (χ3n) is 8.56. The van der Waals surface area contributed by atoms with Gasteiger partial charge in [0.25, 0.3) is 0 Å². The van der Waals surface area contributed by atoms with Crippen LogP contribution in [0.25, 0.3) is 11.1 Å². The number of Topliss-reactive ketones (excluding diaryl/α,β-unsaturated/α-hetero) is 1. The Hall–Kier alpha value is -3.10. The molecule has 8 heteroatoms. The van der Waals surface area contributed by atoms with Gasteiger partial charge in [-0.3, -0.25) is 24.1 Å². The summed E-state index contributed by atoms with van der Waals surface area (Å²) in [7, 11) is 0. The van der Waals surface area contributed by atoms with Crippen LogP contribution in [-0.2, 0) is 19.2 Å². The SMILES string of the molecule is CC12C(=O)C(C)(C(c3ccccc3)=C1c1ccccc1)C1(Br)C(=O)N(CCCC[C@H](N)C(=O)O)C(=O)C21. The summed E-state index contributed by atoms with van der Waals surface area (Å²) in [4.78, 5) is 54.5. The summed E-state index contributed by atoms with van der Waals surface area (Å²) in [6.45, 7) is 3.75. The molecule has 2 aromatic rings. The number of imide groups is 1. The maximum Gasteiger partial charge on any atom is 0.320 e. The number of carbonyl (C=O) groups is 4. The largest absolute Gasteiger partial charge is 0.480 e. The number of carboxylic acids is 1. The molecule has 3 aliphatic rings. The second kappa shape index (κ2) is 8.74. The Morgan fingerprint density at radius 3 is 2.05 bits per heavy atom. The Labute approximate surface area is 223 Å². The van der Waals surface area contributed by atoms with E-state index in [0.717, 1.165) is 22.3 Å². The number of benzene rings is 2. The number of allylic oxidation sites excluding steroid dienone is 2. The minimum absolute atomic E-state index is 0.131. The van der Waals surface area contributed by atoms with Gasteiger partial charge >= 0.3 is 5.97 Å². The number of halogens is 1. The topological polar surface area (TPSA) is 118 Å². The number of ketones is 1. The van der Waals surface area contributed by atoms with E-state index in [-0.39, 0.29) is 24.7 Å². The lowest BCUT2D eigenvalue weighted by Crippen LogP contribution is -2.50. The first-order valence-electron chi connectivity index (χ1n) is 12.5. The molecule has 1 saturated carbocycles. The van der Waals surface area contributed by atoms with Crippen LogP contribution < -0.4 is 5.73 Å². The fraction of sp³-hybridized carbons (Fsp3) is 0.379. The van der Waals surface area contributed by atoms with Crippen LogP contribution in [0.1, 0.15) is 44.2 Å². The smallest absolute Gasteiger partial charge is 0.320 e. The average Bonchev–Trinajstić information content (AvgIpc) is 3.27. The maximum atomic E-state index is 14.3. The average molecular weight is 565 g/mol. The quantitative estimate of drug-likeness (QED) is 0.285. The molecule has 0 spiro atoms. The lowest BCUT2D eigenvalue weighted by atomic mass is 9.63. The zero-order valence-corrected chi connectivity index (χ0v) is 22.3. The highest BCUT2D eigenvalue weighted by Gasteiger charge is 2.85. The normalized spacial score (nSPS) is 31.3. The van der Waals surface area contributed by atoms with Gasteiger partial charge in [0.1, 0.15) is 10.4 Å². The van der Waals surface area contributed by atoms with Gasteiger partial charge in [0, 0.05) is 6.54 Å². The van der Waals surface area contributed by atoms with Crippen LogP contribution in [0.4, 0.5) is 0 Å². The third-order valence-corrected chi connectivity index (χ3v) is 10.1. The Morgan fingerprint density at radius 2 is 1.51 bits per heavy atom. The molecule has 0 aromatic heterocycles. The molecular formula is C29H29BrN2O5. The zero-order chi connectivity index (χ0) is 26.8. The number of rotatable bonds is 8. The van der Waals surface area contributed by atoms with Gasteiger partial charge in [-0.2, -0.15) is 0 Å².